The number of carbonyl (C=O) groups is 1. The van der Waals surface area contributed by atoms with Crippen LogP contribution in [-0.2, 0) is 0 Å². The van der Waals surface area contributed by atoms with Crippen molar-refractivity contribution in [1.29, 1.82) is 0 Å². The quantitative estimate of drug-likeness (QED) is 0.710. The second-order valence-corrected chi connectivity index (χ2v) is 3.62. The first-order chi connectivity index (χ1) is 7.66. The molecule has 6 heteroatoms. The molecule has 16 heavy (non-hydrogen) atoms. The third-order valence-electron chi connectivity index (χ3n) is 2.46. The summed E-state index contributed by atoms with van der Waals surface area (Å²) in [7, 11) is 0. The van der Waals surface area contributed by atoms with Gasteiger partial charge in [0.2, 0.25) is 5.95 Å². The van der Waals surface area contributed by atoms with E-state index in [0.717, 1.165) is 13.0 Å². The maximum absolute atomic E-state index is 13.0. The summed E-state index contributed by atoms with van der Waals surface area (Å²) in [6.45, 7) is 1.47. The molecule has 1 saturated heterocycles. The number of nitrogens with two attached hydrogens (primary N) is 1. The Balaban J connectivity index is 2.03. The summed E-state index contributed by atoms with van der Waals surface area (Å²) in [5.74, 6) is -1.37. The molecule has 1 fully saturated rings. The minimum atomic E-state index is -0.874. The van der Waals surface area contributed by atoms with Gasteiger partial charge in [0.05, 0.1) is 11.8 Å². The van der Waals surface area contributed by atoms with Crippen molar-refractivity contribution in [3.05, 3.63) is 23.8 Å². The second-order valence-electron chi connectivity index (χ2n) is 3.62. The van der Waals surface area contributed by atoms with Gasteiger partial charge in [0.1, 0.15) is 12.4 Å². The lowest BCUT2D eigenvalue weighted by atomic mass is 10.1. The van der Waals surface area contributed by atoms with E-state index in [4.69, 9.17) is 10.5 Å². The molecule has 0 aliphatic carbocycles. The number of ether oxygens (including phenoxy) is 1. The zero-order chi connectivity index (χ0) is 11.5. The van der Waals surface area contributed by atoms with Crippen molar-refractivity contribution in [2.75, 3.05) is 13.2 Å². The minimum absolute atomic E-state index is 0.251. The fourth-order valence-corrected chi connectivity index (χ4v) is 1.37. The van der Waals surface area contributed by atoms with Crippen LogP contribution in [-0.4, -0.2) is 30.1 Å². The lowest BCUT2D eigenvalue weighted by Gasteiger charge is -2.27. The molecule has 1 aromatic rings. The number of carbonyl (C=O) groups excluding carboxylic acids is 1. The van der Waals surface area contributed by atoms with E-state index < -0.39 is 11.9 Å². The van der Waals surface area contributed by atoms with Crippen LogP contribution in [0.5, 0.6) is 5.75 Å². The molecule has 0 aromatic carbocycles. The maximum Gasteiger partial charge on any atom is 0.253 e. The van der Waals surface area contributed by atoms with Crippen LogP contribution in [0.3, 0.4) is 0 Å². The van der Waals surface area contributed by atoms with E-state index in [1.165, 1.54) is 12.3 Å². The van der Waals surface area contributed by atoms with Crippen LogP contribution in [0.4, 0.5) is 4.39 Å². The highest BCUT2D eigenvalue weighted by Crippen LogP contribution is 2.15. The molecule has 1 amide bonds. The van der Waals surface area contributed by atoms with Crippen molar-refractivity contribution in [2.24, 2.45) is 5.73 Å². The molecule has 86 valence electrons. The van der Waals surface area contributed by atoms with Gasteiger partial charge >= 0.3 is 0 Å². The van der Waals surface area contributed by atoms with Crippen LogP contribution in [0.15, 0.2) is 12.3 Å². The highest BCUT2D eigenvalue weighted by molar-refractivity contribution is 5.93. The smallest absolute Gasteiger partial charge is 0.253 e. The number of pyridine rings is 1. The van der Waals surface area contributed by atoms with Crippen molar-refractivity contribution in [3.63, 3.8) is 0 Å². The van der Waals surface area contributed by atoms with Crippen LogP contribution in [0.1, 0.15) is 16.8 Å². The Morgan fingerprint density at radius 1 is 1.75 bits per heavy atom. The first-order valence-corrected chi connectivity index (χ1v) is 4.98. The maximum atomic E-state index is 13.0. The lowest BCUT2D eigenvalue weighted by Crippen LogP contribution is -2.46. The number of hydrogen-bond donors (Lipinski definition) is 2. The standard InChI is InChI=1S/C10H12FN3O2/c11-9-8(10(12)15)3-7(4-14-9)16-5-6-1-2-13-6/h3-4,6,13H,1-2,5H2,(H2,12,15). The molecule has 3 N–H and O–H groups in total. The molecule has 5 nitrogen and oxygen atoms in total. The van der Waals surface area contributed by atoms with Crippen LogP contribution >= 0.6 is 0 Å². The van der Waals surface area contributed by atoms with Gasteiger partial charge in [-0.1, -0.05) is 0 Å². The molecule has 1 unspecified atom stereocenters. The Morgan fingerprint density at radius 2 is 2.50 bits per heavy atom. The van der Waals surface area contributed by atoms with Gasteiger partial charge in [0, 0.05) is 6.04 Å². The fourth-order valence-electron chi connectivity index (χ4n) is 1.37. The van der Waals surface area contributed by atoms with Crippen LogP contribution < -0.4 is 15.8 Å². The zero-order valence-corrected chi connectivity index (χ0v) is 8.57. The molecule has 2 heterocycles. The van der Waals surface area contributed by atoms with Crippen molar-refractivity contribution in [3.8, 4) is 5.75 Å². The number of hydrogen-bond acceptors (Lipinski definition) is 4. The zero-order valence-electron chi connectivity index (χ0n) is 8.57. The number of nitrogens with one attached hydrogen (secondary N) is 1. The second kappa shape index (κ2) is 4.44. The lowest BCUT2D eigenvalue weighted by molar-refractivity contribution is 0.0995. The molecular weight excluding hydrogens is 213 g/mol. The summed E-state index contributed by atoms with van der Waals surface area (Å²) >= 11 is 0. The van der Waals surface area contributed by atoms with Crippen molar-refractivity contribution < 1.29 is 13.9 Å². The molecule has 0 bridgehead atoms. The average molecular weight is 225 g/mol. The highest BCUT2D eigenvalue weighted by atomic mass is 19.1. The number of nitrogens with zero attached hydrogens (tertiary/aromatic N) is 1. The van der Waals surface area contributed by atoms with Gasteiger partial charge < -0.3 is 15.8 Å². The number of aromatic nitrogens is 1. The number of halogens is 1. The van der Waals surface area contributed by atoms with E-state index in [0.29, 0.717) is 18.4 Å². The van der Waals surface area contributed by atoms with E-state index in [2.05, 4.69) is 10.3 Å². The van der Waals surface area contributed by atoms with Gasteiger partial charge in [-0.25, -0.2) is 4.98 Å². The van der Waals surface area contributed by atoms with Gasteiger partial charge in [-0.15, -0.1) is 0 Å². The number of primary amides is 1. The third-order valence-corrected chi connectivity index (χ3v) is 2.46. The highest BCUT2D eigenvalue weighted by Gasteiger charge is 2.17. The van der Waals surface area contributed by atoms with Gasteiger partial charge in [-0.3, -0.25) is 4.79 Å². The largest absolute Gasteiger partial charge is 0.490 e. The van der Waals surface area contributed by atoms with Gasteiger partial charge in [0.25, 0.3) is 5.91 Å². The molecular formula is C10H12FN3O2. The predicted octanol–water partition coefficient (Wildman–Crippen LogP) is 0.0603. The summed E-state index contributed by atoms with van der Waals surface area (Å²) in [5, 5.41) is 3.15. The summed E-state index contributed by atoms with van der Waals surface area (Å²) in [6, 6.07) is 1.59. The third kappa shape index (κ3) is 2.27. The molecule has 0 saturated carbocycles. The summed E-state index contributed by atoms with van der Waals surface area (Å²) in [4.78, 5) is 14.3. The normalized spacial score (nSPS) is 18.9. The molecule has 1 aliphatic heterocycles. The van der Waals surface area contributed by atoms with Gasteiger partial charge in [-0.2, -0.15) is 4.39 Å². The van der Waals surface area contributed by atoms with Crippen molar-refractivity contribution in [1.82, 2.24) is 10.3 Å². The Labute approximate surface area is 91.8 Å². The molecule has 1 aliphatic rings. The molecule has 2 rings (SSSR count). The first kappa shape index (κ1) is 10.8. The van der Waals surface area contributed by atoms with Crippen molar-refractivity contribution in [2.45, 2.75) is 12.5 Å². The summed E-state index contributed by atoms with van der Waals surface area (Å²) < 4.78 is 18.4. The van der Waals surface area contributed by atoms with Gasteiger partial charge in [0.15, 0.2) is 0 Å². The van der Waals surface area contributed by atoms with E-state index in [-0.39, 0.29) is 5.56 Å². The SMILES string of the molecule is NC(=O)c1cc(OCC2CCN2)cnc1F. The van der Waals surface area contributed by atoms with E-state index in [1.807, 2.05) is 0 Å². The Hall–Kier alpha value is -1.69. The minimum Gasteiger partial charge on any atom is -0.490 e. The van der Waals surface area contributed by atoms with E-state index in [1.54, 1.807) is 0 Å². The number of amides is 1. The molecule has 1 atom stereocenters. The Kier molecular flexibility index (Phi) is 3.00. The number of rotatable bonds is 4. The Bertz CT molecular complexity index is 407. The monoisotopic (exact) mass is 225 g/mol. The molecule has 0 radical (unpaired) electrons. The summed E-state index contributed by atoms with van der Waals surface area (Å²) in [6.07, 6.45) is 2.29. The van der Waals surface area contributed by atoms with Crippen molar-refractivity contribution >= 4 is 5.91 Å². The fraction of sp³-hybridized carbons (Fsp3) is 0.400. The molecule has 1 aromatic heterocycles. The van der Waals surface area contributed by atoms with E-state index in [9.17, 15) is 9.18 Å². The Morgan fingerprint density at radius 3 is 3.06 bits per heavy atom. The topological polar surface area (TPSA) is 77.2 Å². The first-order valence-electron chi connectivity index (χ1n) is 4.98. The predicted molar refractivity (Wildman–Crippen MR) is 54.6 cm³/mol. The average Bonchev–Trinajstić information content (AvgIpc) is 2.17. The van der Waals surface area contributed by atoms with Crippen LogP contribution in [0.25, 0.3) is 0 Å². The van der Waals surface area contributed by atoms with E-state index >= 15 is 0 Å². The van der Waals surface area contributed by atoms with Crippen LogP contribution in [0, 0.1) is 5.95 Å². The van der Waals surface area contributed by atoms with Gasteiger partial charge in [-0.05, 0) is 19.0 Å². The summed E-state index contributed by atoms with van der Waals surface area (Å²) in [5.41, 5.74) is 4.74. The molecule has 0 spiro atoms. The van der Waals surface area contributed by atoms with Crippen LogP contribution in [0.2, 0.25) is 0 Å².